The Bertz CT molecular complexity index is 10.8. The third-order valence-electron chi connectivity index (χ3n) is 0. The molecule has 25 valence electrons. The molecule has 0 rings (SSSR count). The van der Waals surface area contributed by atoms with E-state index in [9.17, 15) is 0 Å². The molecular weight excluding hydrogens is 113 g/mol. The lowest BCUT2D eigenvalue weighted by Gasteiger charge is -1.68. The van der Waals surface area contributed by atoms with E-state index in [0.717, 1.165) is 0 Å². The molecule has 2 N–H and O–H groups in total. The van der Waals surface area contributed by atoms with Crippen LogP contribution in [0.25, 0.3) is 0 Å². The minimum absolute atomic E-state index is 1.44. The molecule has 0 fully saturated rings. The first-order valence-corrected chi connectivity index (χ1v) is 4.27. The highest BCUT2D eigenvalue weighted by molar-refractivity contribution is 7.32. The van der Waals surface area contributed by atoms with Crippen molar-refractivity contribution in [1.29, 1.82) is 0 Å². The van der Waals surface area contributed by atoms with Crippen molar-refractivity contribution in [3.8, 4) is 0 Å². The molecule has 1 nitrogen and oxygen atoms in total. The van der Waals surface area contributed by atoms with Crippen LogP contribution in [0.4, 0.5) is 0 Å². The van der Waals surface area contributed by atoms with E-state index in [4.69, 9.17) is 27.6 Å². The molecule has 0 saturated carbocycles. The summed E-state index contributed by atoms with van der Waals surface area (Å²) < 4.78 is 0. The minimum Gasteiger partial charge on any atom is -0.327 e. The molecule has 0 spiro atoms. The topological polar surface area (TPSA) is 26.0 Å². The Morgan fingerprint density at radius 1 is 1.50 bits per heavy atom. The van der Waals surface area contributed by atoms with E-state index < -0.39 is 7.58 Å². The highest BCUT2D eigenvalue weighted by Gasteiger charge is 1.84. The Morgan fingerprint density at radius 3 is 1.50 bits per heavy atom. The highest BCUT2D eigenvalue weighted by Crippen LogP contribution is 1.79. The average Bonchev–Trinajstić information content (AvgIpc) is 0.811. The molecule has 0 aliphatic carbocycles. The van der Waals surface area contributed by atoms with Crippen LogP contribution in [0.1, 0.15) is 0 Å². The highest BCUT2D eigenvalue weighted by atomic mass is 35.7. The lowest BCUT2D eigenvalue weighted by Crippen LogP contribution is -2.06. The van der Waals surface area contributed by atoms with Crippen molar-refractivity contribution in [2.75, 3.05) is 0 Å². The van der Waals surface area contributed by atoms with Gasteiger partial charge < -0.3 is 5.40 Å². The Hall–Kier alpha value is 0.757. The predicted octanol–water partition coefficient (Wildman–Crippen LogP) is 0.408. The third kappa shape index (κ3) is 14.9. The van der Waals surface area contributed by atoms with E-state index in [0.29, 0.717) is 0 Å². The summed E-state index contributed by atoms with van der Waals surface area (Å²) in [5, 5.41) is 4.74. The second kappa shape index (κ2) is 2.02. The molecule has 0 aromatic carbocycles. The summed E-state index contributed by atoms with van der Waals surface area (Å²) >= 11 is 9.84. The molecule has 0 saturated heterocycles. The lowest BCUT2D eigenvalue weighted by atomic mass is 13.9. The van der Waals surface area contributed by atoms with Gasteiger partial charge in [0.05, 0.1) is 0 Å². The van der Waals surface area contributed by atoms with E-state index in [1.807, 2.05) is 0 Å². The summed E-state index contributed by atoms with van der Waals surface area (Å²) in [5.41, 5.74) is 0. The molecule has 0 heterocycles. The largest absolute Gasteiger partial charge is 0.354 e. The van der Waals surface area contributed by atoms with Gasteiger partial charge >= 0.3 is 7.58 Å². The van der Waals surface area contributed by atoms with E-state index in [1.165, 1.54) is 0 Å². The van der Waals surface area contributed by atoms with Gasteiger partial charge in [0, 0.05) is 0 Å². The van der Waals surface area contributed by atoms with Crippen LogP contribution in [-0.4, -0.2) is 7.58 Å². The van der Waals surface area contributed by atoms with Crippen molar-refractivity contribution in [2.45, 2.75) is 0 Å². The third-order valence-corrected chi connectivity index (χ3v) is 0. The van der Waals surface area contributed by atoms with Crippen molar-refractivity contribution in [1.82, 2.24) is 0 Å². The Kier molecular flexibility index (Phi) is 2.41. The van der Waals surface area contributed by atoms with E-state index >= 15 is 0 Å². The first kappa shape index (κ1) is 4.76. The fourth-order valence-corrected chi connectivity index (χ4v) is 0. The van der Waals surface area contributed by atoms with Gasteiger partial charge in [-0.25, -0.2) is 0 Å². The maximum Gasteiger partial charge on any atom is 0.354 e. The summed E-state index contributed by atoms with van der Waals surface area (Å²) in [6.45, 7) is 0. The van der Waals surface area contributed by atoms with Gasteiger partial charge in [-0.05, 0) is 0 Å². The molecule has 0 aliphatic heterocycles. The second-order valence-electron chi connectivity index (χ2n) is 0.290. The molecule has 0 aliphatic rings. The van der Waals surface area contributed by atoms with Crippen molar-refractivity contribution < 1.29 is 0 Å². The number of halogens is 2. The summed E-state index contributed by atoms with van der Waals surface area (Å²) in [4.78, 5) is 0. The van der Waals surface area contributed by atoms with Gasteiger partial charge in [-0.1, -0.05) is 0 Å². The fourth-order valence-electron chi connectivity index (χ4n) is 0. The molecule has 1 radical (unpaired) electrons. The Morgan fingerprint density at radius 2 is 1.50 bits per heavy atom. The van der Waals surface area contributed by atoms with Gasteiger partial charge in [-0.2, -0.15) is 0 Å². The molecule has 4 heavy (non-hydrogen) atoms. The first-order chi connectivity index (χ1) is 1.73. The lowest BCUT2D eigenvalue weighted by molar-refractivity contribution is 1.96. The quantitative estimate of drug-likeness (QED) is 0.359. The van der Waals surface area contributed by atoms with Crippen LogP contribution >= 0.6 is 22.2 Å². The molecule has 0 unspecified atom stereocenters. The van der Waals surface area contributed by atoms with Gasteiger partial charge in [0.1, 0.15) is 0 Å². The van der Waals surface area contributed by atoms with E-state index in [1.54, 1.807) is 0 Å². The van der Waals surface area contributed by atoms with E-state index in [-0.39, 0.29) is 0 Å². The standard InChI is InChI=1S/Cl2H2NSi/c1-4(2)3/h3H2. The number of hydrogen-bond acceptors (Lipinski definition) is 1. The zero-order valence-electron chi connectivity index (χ0n) is 1.83. The second-order valence-corrected chi connectivity index (χ2v) is 3.89. The van der Waals surface area contributed by atoms with Gasteiger partial charge in [-0.15, -0.1) is 22.2 Å². The van der Waals surface area contributed by atoms with Crippen molar-refractivity contribution >= 4 is 29.7 Å². The summed E-state index contributed by atoms with van der Waals surface area (Å²) in [6.07, 6.45) is 0. The van der Waals surface area contributed by atoms with E-state index in [2.05, 4.69) is 0 Å². The number of hydrogen-bond donors (Lipinski definition) is 1. The summed E-state index contributed by atoms with van der Waals surface area (Å²) in [7, 11) is -1.44. The molecule has 0 aromatic heterocycles. The van der Waals surface area contributed by atoms with Crippen LogP contribution in [0.3, 0.4) is 0 Å². The van der Waals surface area contributed by atoms with Crippen molar-refractivity contribution in [3.63, 3.8) is 0 Å². The molecule has 0 atom stereocenters. The van der Waals surface area contributed by atoms with Crippen LogP contribution in [0, 0.1) is 0 Å². The van der Waals surface area contributed by atoms with Gasteiger partial charge in [0.2, 0.25) is 0 Å². The zero-order chi connectivity index (χ0) is 3.58. The molecule has 4 heteroatoms. The van der Waals surface area contributed by atoms with Crippen LogP contribution in [0.15, 0.2) is 0 Å². The molecule has 0 amide bonds. The normalized spacial score (nSPS) is 9.00. The number of nitrogens with two attached hydrogens (primary N) is 1. The van der Waals surface area contributed by atoms with Crippen LogP contribution in [0.5, 0.6) is 0 Å². The van der Waals surface area contributed by atoms with Gasteiger partial charge in [0.15, 0.2) is 0 Å². The average molecular weight is 115 g/mol. The Balaban J connectivity index is 2.32. The first-order valence-electron chi connectivity index (χ1n) is 0.667. The van der Waals surface area contributed by atoms with Crippen molar-refractivity contribution in [3.05, 3.63) is 0 Å². The molecule has 0 bridgehead atoms. The zero-order valence-corrected chi connectivity index (χ0v) is 4.35. The van der Waals surface area contributed by atoms with Crippen LogP contribution in [0.2, 0.25) is 0 Å². The molecule has 0 aromatic rings. The van der Waals surface area contributed by atoms with Gasteiger partial charge in [-0.3, -0.25) is 0 Å². The van der Waals surface area contributed by atoms with Crippen molar-refractivity contribution in [2.24, 2.45) is 5.40 Å². The summed E-state index contributed by atoms with van der Waals surface area (Å²) in [5.74, 6) is 0. The smallest absolute Gasteiger partial charge is 0.327 e. The SMILES string of the molecule is N[Si](Cl)Cl. The predicted molar refractivity (Wildman–Crippen MR) is 21.6 cm³/mol. The minimum atomic E-state index is -1.44. The maximum absolute atomic E-state index is 4.92. The summed E-state index contributed by atoms with van der Waals surface area (Å²) in [6, 6.07) is 0. The fraction of sp³-hybridized carbons (Fsp3) is 0. The molecular formula is H2Cl2NSi. The van der Waals surface area contributed by atoms with Crippen LogP contribution < -0.4 is 5.40 Å². The maximum atomic E-state index is 4.92. The van der Waals surface area contributed by atoms with Crippen LogP contribution in [-0.2, 0) is 0 Å². The monoisotopic (exact) mass is 114 g/mol. The number of rotatable bonds is 0. The Labute approximate surface area is 35.8 Å². The van der Waals surface area contributed by atoms with Gasteiger partial charge in [0.25, 0.3) is 0 Å².